The maximum absolute atomic E-state index is 5.70. The molecule has 0 aliphatic heterocycles. The van der Waals surface area contributed by atoms with Crippen LogP contribution in [-0.4, -0.2) is 6.54 Å². The molecule has 0 radical (unpaired) electrons. The van der Waals surface area contributed by atoms with Gasteiger partial charge in [0.1, 0.15) is 0 Å². The summed E-state index contributed by atoms with van der Waals surface area (Å²) in [6.07, 6.45) is 3.79. The van der Waals surface area contributed by atoms with Gasteiger partial charge in [-0.25, -0.2) is 0 Å². The highest BCUT2D eigenvalue weighted by Gasteiger charge is 2.19. The Bertz CT molecular complexity index is 93.0. The van der Waals surface area contributed by atoms with Crippen molar-refractivity contribution in [2.24, 2.45) is 17.1 Å². The largest absolute Gasteiger partial charge is 0.330 e. The van der Waals surface area contributed by atoms with E-state index in [1.54, 1.807) is 0 Å². The second-order valence-corrected chi connectivity index (χ2v) is 4.30. The SMILES string of the molecule is CCC(C)(CN)CCC(C)C. The van der Waals surface area contributed by atoms with Gasteiger partial charge in [-0.15, -0.1) is 0 Å². The average molecular weight is 157 g/mol. The van der Waals surface area contributed by atoms with E-state index in [1.165, 1.54) is 19.3 Å². The molecule has 0 heterocycles. The van der Waals surface area contributed by atoms with Gasteiger partial charge in [-0.05, 0) is 30.7 Å². The smallest absolute Gasteiger partial charge is 0.00233 e. The topological polar surface area (TPSA) is 26.0 Å². The summed E-state index contributed by atoms with van der Waals surface area (Å²) in [5.41, 5.74) is 6.10. The van der Waals surface area contributed by atoms with Crippen molar-refractivity contribution in [3.63, 3.8) is 0 Å². The molecule has 68 valence electrons. The lowest BCUT2D eigenvalue weighted by Gasteiger charge is -2.26. The van der Waals surface area contributed by atoms with E-state index in [9.17, 15) is 0 Å². The van der Waals surface area contributed by atoms with E-state index in [0.717, 1.165) is 12.5 Å². The fraction of sp³-hybridized carbons (Fsp3) is 1.00. The molecule has 0 spiro atoms. The zero-order valence-electron chi connectivity index (χ0n) is 8.48. The van der Waals surface area contributed by atoms with Crippen molar-refractivity contribution in [2.75, 3.05) is 6.54 Å². The average Bonchev–Trinajstić information content (AvgIpc) is 2.00. The molecule has 0 rings (SSSR count). The molecule has 0 saturated carbocycles. The summed E-state index contributed by atoms with van der Waals surface area (Å²) in [4.78, 5) is 0. The molecule has 2 N–H and O–H groups in total. The minimum absolute atomic E-state index is 0.393. The Morgan fingerprint density at radius 2 is 1.91 bits per heavy atom. The molecule has 1 unspecified atom stereocenters. The van der Waals surface area contributed by atoms with E-state index in [4.69, 9.17) is 5.73 Å². The van der Waals surface area contributed by atoms with Gasteiger partial charge < -0.3 is 5.73 Å². The van der Waals surface area contributed by atoms with Crippen molar-refractivity contribution < 1.29 is 0 Å². The predicted octanol–water partition coefficient (Wildman–Crippen LogP) is 2.80. The zero-order valence-corrected chi connectivity index (χ0v) is 8.48. The van der Waals surface area contributed by atoms with Crippen LogP contribution in [0.2, 0.25) is 0 Å². The van der Waals surface area contributed by atoms with Crippen LogP contribution in [0, 0.1) is 11.3 Å². The third-order valence-electron chi connectivity index (χ3n) is 2.67. The van der Waals surface area contributed by atoms with Gasteiger partial charge in [0.15, 0.2) is 0 Å². The molecule has 0 aliphatic carbocycles. The Hall–Kier alpha value is -0.0400. The summed E-state index contributed by atoms with van der Waals surface area (Å²) < 4.78 is 0. The summed E-state index contributed by atoms with van der Waals surface area (Å²) >= 11 is 0. The van der Waals surface area contributed by atoms with Gasteiger partial charge in [0.2, 0.25) is 0 Å². The second-order valence-electron chi connectivity index (χ2n) is 4.30. The monoisotopic (exact) mass is 157 g/mol. The molecule has 0 aromatic rings. The first-order valence-electron chi connectivity index (χ1n) is 4.74. The number of hydrogen-bond donors (Lipinski definition) is 1. The Kier molecular flexibility index (Phi) is 4.74. The third-order valence-corrected chi connectivity index (χ3v) is 2.67. The van der Waals surface area contributed by atoms with Gasteiger partial charge in [0, 0.05) is 0 Å². The lowest BCUT2D eigenvalue weighted by molar-refractivity contribution is 0.272. The quantitative estimate of drug-likeness (QED) is 0.652. The van der Waals surface area contributed by atoms with E-state index in [2.05, 4.69) is 27.7 Å². The molecule has 11 heavy (non-hydrogen) atoms. The fourth-order valence-corrected chi connectivity index (χ4v) is 1.06. The first kappa shape index (κ1) is 11.0. The van der Waals surface area contributed by atoms with Crippen LogP contribution in [0.3, 0.4) is 0 Å². The summed E-state index contributed by atoms with van der Waals surface area (Å²) in [5.74, 6) is 0.812. The highest BCUT2D eigenvalue weighted by Crippen LogP contribution is 2.27. The Balaban J connectivity index is 3.69. The first-order chi connectivity index (χ1) is 5.04. The molecule has 0 aliphatic rings. The summed E-state index contributed by atoms with van der Waals surface area (Å²) in [6.45, 7) is 9.89. The van der Waals surface area contributed by atoms with Crippen molar-refractivity contribution in [2.45, 2.75) is 47.0 Å². The van der Waals surface area contributed by atoms with Crippen molar-refractivity contribution >= 4 is 0 Å². The first-order valence-corrected chi connectivity index (χ1v) is 4.74. The maximum atomic E-state index is 5.70. The van der Waals surface area contributed by atoms with Crippen molar-refractivity contribution in [3.8, 4) is 0 Å². The molecule has 1 atom stereocenters. The van der Waals surface area contributed by atoms with E-state index in [0.29, 0.717) is 5.41 Å². The highest BCUT2D eigenvalue weighted by molar-refractivity contribution is 4.73. The van der Waals surface area contributed by atoms with Gasteiger partial charge >= 0.3 is 0 Å². The lowest BCUT2D eigenvalue weighted by Crippen LogP contribution is -2.26. The van der Waals surface area contributed by atoms with Crippen LogP contribution in [0.4, 0.5) is 0 Å². The Labute approximate surface area is 71.4 Å². The lowest BCUT2D eigenvalue weighted by atomic mass is 9.81. The van der Waals surface area contributed by atoms with Crippen LogP contribution >= 0.6 is 0 Å². The molecular formula is C10H23N. The molecule has 1 heteroatoms. The third kappa shape index (κ3) is 4.41. The number of rotatable bonds is 5. The number of nitrogens with two attached hydrogens (primary N) is 1. The van der Waals surface area contributed by atoms with Gasteiger partial charge in [-0.3, -0.25) is 0 Å². The van der Waals surface area contributed by atoms with Crippen LogP contribution in [0.1, 0.15) is 47.0 Å². The molecule has 0 bridgehead atoms. The number of hydrogen-bond acceptors (Lipinski definition) is 1. The molecule has 0 aromatic carbocycles. The molecule has 0 fully saturated rings. The molecular weight excluding hydrogens is 134 g/mol. The fourth-order valence-electron chi connectivity index (χ4n) is 1.06. The van der Waals surface area contributed by atoms with Crippen LogP contribution in [0.15, 0.2) is 0 Å². The van der Waals surface area contributed by atoms with Crippen LogP contribution in [0.25, 0.3) is 0 Å². The van der Waals surface area contributed by atoms with Gasteiger partial charge in [0.05, 0.1) is 0 Å². The van der Waals surface area contributed by atoms with E-state index in [1.807, 2.05) is 0 Å². The van der Waals surface area contributed by atoms with E-state index < -0.39 is 0 Å². The standard InChI is InChI=1S/C10H23N/c1-5-10(4,8-11)7-6-9(2)3/h9H,5-8,11H2,1-4H3. The van der Waals surface area contributed by atoms with Crippen LogP contribution < -0.4 is 5.73 Å². The minimum Gasteiger partial charge on any atom is -0.330 e. The van der Waals surface area contributed by atoms with E-state index in [-0.39, 0.29) is 0 Å². The zero-order chi connectivity index (χ0) is 8.91. The van der Waals surface area contributed by atoms with Gasteiger partial charge in [-0.1, -0.05) is 34.1 Å². The maximum Gasteiger partial charge on any atom is -0.00233 e. The second kappa shape index (κ2) is 4.76. The normalized spacial score (nSPS) is 16.9. The van der Waals surface area contributed by atoms with Crippen molar-refractivity contribution in [1.29, 1.82) is 0 Å². The van der Waals surface area contributed by atoms with Gasteiger partial charge in [0.25, 0.3) is 0 Å². The Morgan fingerprint density at radius 1 is 1.36 bits per heavy atom. The summed E-state index contributed by atoms with van der Waals surface area (Å²) in [6, 6.07) is 0. The van der Waals surface area contributed by atoms with Crippen molar-refractivity contribution in [1.82, 2.24) is 0 Å². The molecule has 0 aromatic heterocycles. The molecule has 1 nitrogen and oxygen atoms in total. The summed E-state index contributed by atoms with van der Waals surface area (Å²) in [7, 11) is 0. The minimum atomic E-state index is 0.393. The van der Waals surface area contributed by atoms with Crippen LogP contribution in [-0.2, 0) is 0 Å². The van der Waals surface area contributed by atoms with Crippen molar-refractivity contribution in [3.05, 3.63) is 0 Å². The molecule has 0 amide bonds. The Morgan fingerprint density at radius 3 is 2.18 bits per heavy atom. The van der Waals surface area contributed by atoms with Gasteiger partial charge in [-0.2, -0.15) is 0 Å². The van der Waals surface area contributed by atoms with E-state index >= 15 is 0 Å². The highest BCUT2D eigenvalue weighted by atomic mass is 14.6. The van der Waals surface area contributed by atoms with Crippen LogP contribution in [0.5, 0.6) is 0 Å². The molecule has 0 saturated heterocycles. The predicted molar refractivity (Wildman–Crippen MR) is 51.5 cm³/mol. The summed E-state index contributed by atoms with van der Waals surface area (Å²) in [5, 5.41) is 0.